The summed E-state index contributed by atoms with van der Waals surface area (Å²) in [5, 5.41) is 3.66. The highest BCUT2D eigenvalue weighted by Crippen LogP contribution is 2.29. The molecule has 2 atom stereocenters. The Bertz CT molecular complexity index is 273. The highest BCUT2D eigenvalue weighted by Gasteiger charge is 2.31. The van der Waals surface area contributed by atoms with E-state index in [1.54, 1.807) is 6.92 Å². The van der Waals surface area contributed by atoms with E-state index in [9.17, 15) is 4.79 Å². The van der Waals surface area contributed by atoms with Crippen molar-refractivity contribution in [3.05, 3.63) is 0 Å². The number of nitrogens with one attached hydrogen (secondary N) is 1. The van der Waals surface area contributed by atoms with E-state index in [0.717, 1.165) is 25.6 Å². The summed E-state index contributed by atoms with van der Waals surface area (Å²) < 4.78 is 0. The molecule has 1 aliphatic carbocycles. The Balaban J connectivity index is 1.87. The van der Waals surface area contributed by atoms with Crippen LogP contribution >= 0.6 is 0 Å². The fourth-order valence-electron chi connectivity index (χ4n) is 2.68. The maximum atomic E-state index is 11.6. The van der Waals surface area contributed by atoms with Crippen molar-refractivity contribution in [3.63, 3.8) is 0 Å². The van der Waals surface area contributed by atoms with Crippen LogP contribution in [0.1, 0.15) is 40.0 Å². The number of hydrogen-bond donors (Lipinski definition) is 1. The summed E-state index contributed by atoms with van der Waals surface area (Å²) in [5.41, 5.74) is 0. The zero-order valence-corrected chi connectivity index (χ0v) is 11.4. The maximum Gasteiger partial charge on any atom is 0.219 e. The first-order chi connectivity index (χ1) is 8.06. The molecule has 2 unspecified atom stereocenters. The van der Waals surface area contributed by atoms with Gasteiger partial charge in [-0.05, 0) is 43.6 Å². The standard InChI is InChI=1S/C14H26N2O/c1-10(2)13-6-14(15-7-12-4-5-12)9-16(8-13)11(3)17/h10,12-15H,4-9H2,1-3H3. The second kappa shape index (κ2) is 5.38. The van der Waals surface area contributed by atoms with E-state index >= 15 is 0 Å². The monoisotopic (exact) mass is 238 g/mol. The number of rotatable bonds is 4. The summed E-state index contributed by atoms with van der Waals surface area (Å²) in [5.74, 6) is 2.47. The molecule has 3 heteroatoms. The number of amides is 1. The van der Waals surface area contributed by atoms with Gasteiger partial charge in [-0.15, -0.1) is 0 Å². The third-order valence-corrected chi connectivity index (χ3v) is 4.26. The van der Waals surface area contributed by atoms with Gasteiger partial charge in [0.05, 0.1) is 0 Å². The molecule has 98 valence electrons. The van der Waals surface area contributed by atoms with Crippen molar-refractivity contribution in [2.24, 2.45) is 17.8 Å². The first-order valence-corrected chi connectivity index (χ1v) is 7.05. The molecule has 1 amide bonds. The zero-order valence-electron chi connectivity index (χ0n) is 11.4. The molecule has 0 aromatic carbocycles. The van der Waals surface area contributed by atoms with Gasteiger partial charge in [0.15, 0.2) is 0 Å². The van der Waals surface area contributed by atoms with Gasteiger partial charge in [0, 0.05) is 26.1 Å². The van der Waals surface area contributed by atoms with Crippen LogP contribution in [0.5, 0.6) is 0 Å². The maximum absolute atomic E-state index is 11.6. The number of hydrogen-bond acceptors (Lipinski definition) is 2. The van der Waals surface area contributed by atoms with Gasteiger partial charge in [0.25, 0.3) is 0 Å². The van der Waals surface area contributed by atoms with Gasteiger partial charge in [0.1, 0.15) is 0 Å². The summed E-state index contributed by atoms with van der Waals surface area (Å²) in [6, 6.07) is 0.514. The van der Waals surface area contributed by atoms with Crippen molar-refractivity contribution in [2.75, 3.05) is 19.6 Å². The number of piperidine rings is 1. The Morgan fingerprint density at radius 3 is 2.59 bits per heavy atom. The van der Waals surface area contributed by atoms with E-state index in [-0.39, 0.29) is 5.91 Å². The van der Waals surface area contributed by atoms with Crippen LogP contribution < -0.4 is 5.32 Å². The predicted molar refractivity (Wildman–Crippen MR) is 69.7 cm³/mol. The molecule has 0 aromatic rings. The quantitative estimate of drug-likeness (QED) is 0.811. The molecule has 0 aromatic heterocycles. The van der Waals surface area contributed by atoms with Crippen LogP contribution in [0.3, 0.4) is 0 Å². The Labute approximate surface area is 105 Å². The highest BCUT2D eigenvalue weighted by molar-refractivity contribution is 5.73. The minimum Gasteiger partial charge on any atom is -0.341 e. The largest absolute Gasteiger partial charge is 0.341 e. The molecule has 1 saturated carbocycles. The molecule has 0 radical (unpaired) electrons. The molecule has 0 bridgehead atoms. The minimum atomic E-state index is 0.230. The average molecular weight is 238 g/mol. The minimum absolute atomic E-state index is 0.230. The number of carbonyl (C=O) groups is 1. The fourth-order valence-corrected chi connectivity index (χ4v) is 2.68. The fraction of sp³-hybridized carbons (Fsp3) is 0.929. The van der Waals surface area contributed by atoms with Gasteiger partial charge >= 0.3 is 0 Å². The molecule has 0 spiro atoms. The van der Waals surface area contributed by atoms with Gasteiger partial charge in [-0.3, -0.25) is 4.79 Å². The van der Waals surface area contributed by atoms with Crippen molar-refractivity contribution >= 4 is 5.91 Å². The molecule has 1 aliphatic heterocycles. The van der Waals surface area contributed by atoms with Crippen LogP contribution in [0, 0.1) is 17.8 Å². The van der Waals surface area contributed by atoms with Crippen molar-refractivity contribution < 1.29 is 4.79 Å². The van der Waals surface area contributed by atoms with Gasteiger partial charge in [-0.25, -0.2) is 0 Å². The molecular formula is C14H26N2O. The van der Waals surface area contributed by atoms with E-state index in [2.05, 4.69) is 19.2 Å². The summed E-state index contributed by atoms with van der Waals surface area (Å²) in [7, 11) is 0. The van der Waals surface area contributed by atoms with Gasteiger partial charge in [-0.1, -0.05) is 13.8 Å². The molecule has 1 N–H and O–H groups in total. The van der Waals surface area contributed by atoms with Crippen LogP contribution in [0.15, 0.2) is 0 Å². The van der Waals surface area contributed by atoms with E-state index in [1.807, 2.05) is 4.90 Å². The summed E-state index contributed by atoms with van der Waals surface area (Å²) >= 11 is 0. The second-order valence-electron chi connectivity index (χ2n) is 6.21. The lowest BCUT2D eigenvalue weighted by molar-refractivity contribution is -0.131. The normalized spacial score (nSPS) is 29.8. The SMILES string of the molecule is CC(=O)N1CC(NCC2CC2)CC(C(C)C)C1. The van der Waals surface area contributed by atoms with E-state index < -0.39 is 0 Å². The summed E-state index contributed by atoms with van der Waals surface area (Å²) in [4.78, 5) is 13.6. The Kier molecular flexibility index (Phi) is 4.08. The van der Waals surface area contributed by atoms with Gasteiger partial charge in [0.2, 0.25) is 5.91 Å². The van der Waals surface area contributed by atoms with Crippen molar-refractivity contribution in [3.8, 4) is 0 Å². The smallest absolute Gasteiger partial charge is 0.219 e. The third-order valence-electron chi connectivity index (χ3n) is 4.26. The first-order valence-electron chi connectivity index (χ1n) is 7.05. The predicted octanol–water partition coefficient (Wildman–Crippen LogP) is 1.88. The number of nitrogens with zero attached hydrogens (tertiary/aromatic N) is 1. The molecule has 3 nitrogen and oxygen atoms in total. The number of likely N-dealkylation sites (tertiary alicyclic amines) is 1. The summed E-state index contributed by atoms with van der Waals surface area (Å²) in [6.07, 6.45) is 4.02. The Morgan fingerprint density at radius 2 is 2.06 bits per heavy atom. The Hall–Kier alpha value is -0.570. The van der Waals surface area contributed by atoms with Crippen LogP contribution in [-0.4, -0.2) is 36.5 Å². The molecule has 17 heavy (non-hydrogen) atoms. The molecule has 2 fully saturated rings. The molecule has 1 saturated heterocycles. The second-order valence-corrected chi connectivity index (χ2v) is 6.21. The Morgan fingerprint density at radius 1 is 1.35 bits per heavy atom. The molecule has 1 heterocycles. The lowest BCUT2D eigenvalue weighted by Crippen LogP contribution is -2.52. The van der Waals surface area contributed by atoms with Crippen molar-refractivity contribution in [1.82, 2.24) is 10.2 Å². The van der Waals surface area contributed by atoms with E-state index in [4.69, 9.17) is 0 Å². The van der Waals surface area contributed by atoms with Crippen LogP contribution in [-0.2, 0) is 4.79 Å². The summed E-state index contributed by atoms with van der Waals surface area (Å²) in [6.45, 7) is 9.25. The van der Waals surface area contributed by atoms with Gasteiger partial charge in [-0.2, -0.15) is 0 Å². The topological polar surface area (TPSA) is 32.3 Å². The average Bonchev–Trinajstić information content (AvgIpc) is 3.09. The molecule has 2 aliphatic rings. The molecular weight excluding hydrogens is 212 g/mol. The van der Waals surface area contributed by atoms with Gasteiger partial charge < -0.3 is 10.2 Å². The van der Waals surface area contributed by atoms with Crippen LogP contribution in [0.25, 0.3) is 0 Å². The number of carbonyl (C=O) groups excluding carboxylic acids is 1. The van der Waals surface area contributed by atoms with Crippen LogP contribution in [0.4, 0.5) is 0 Å². The van der Waals surface area contributed by atoms with E-state index in [0.29, 0.717) is 17.9 Å². The highest BCUT2D eigenvalue weighted by atomic mass is 16.2. The third kappa shape index (κ3) is 3.70. The molecule has 2 rings (SSSR count). The lowest BCUT2D eigenvalue weighted by atomic mass is 9.85. The van der Waals surface area contributed by atoms with E-state index in [1.165, 1.54) is 19.3 Å². The lowest BCUT2D eigenvalue weighted by Gasteiger charge is -2.39. The zero-order chi connectivity index (χ0) is 12.4. The first kappa shape index (κ1) is 12.9. The van der Waals surface area contributed by atoms with Crippen LogP contribution in [0.2, 0.25) is 0 Å². The van der Waals surface area contributed by atoms with Crippen molar-refractivity contribution in [1.29, 1.82) is 0 Å². The van der Waals surface area contributed by atoms with Crippen molar-refractivity contribution in [2.45, 2.75) is 46.1 Å².